The number of aromatic nitrogens is 3. The minimum Gasteiger partial charge on any atom is -0.369 e. The van der Waals surface area contributed by atoms with Crippen molar-refractivity contribution in [1.82, 2.24) is 24.8 Å². The van der Waals surface area contributed by atoms with Gasteiger partial charge in [-0.05, 0) is 32.8 Å². The van der Waals surface area contributed by atoms with Gasteiger partial charge in [0.15, 0.2) is 11.3 Å². The van der Waals surface area contributed by atoms with Crippen molar-refractivity contribution in [1.29, 1.82) is 0 Å². The number of fused-ring (bicyclic) bond motifs is 2. The summed E-state index contributed by atoms with van der Waals surface area (Å²) in [4.78, 5) is 31.3. The van der Waals surface area contributed by atoms with E-state index in [0.717, 1.165) is 24.2 Å². The summed E-state index contributed by atoms with van der Waals surface area (Å²) in [6, 6.07) is 3.72. The molecule has 8 nitrogen and oxygen atoms in total. The van der Waals surface area contributed by atoms with E-state index in [1.54, 1.807) is 10.6 Å². The predicted molar refractivity (Wildman–Crippen MR) is 105 cm³/mol. The van der Waals surface area contributed by atoms with E-state index in [0.29, 0.717) is 37.4 Å². The Balaban J connectivity index is 1.36. The van der Waals surface area contributed by atoms with Crippen LogP contribution in [0.25, 0.3) is 5.65 Å². The fourth-order valence-electron chi connectivity index (χ4n) is 5.53. The van der Waals surface area contributed by atoms with E-state index in [1.807, 2.05) is 31.7 Å². The van der Waals surface area contributed by atoms with Gasteiger partial charge in [0, 0.05) is 48.8 Å². The van der Waals surface area contributed by atoms with E-state index in [2.05, 4.69) is 15.4 Å². The quantitative estimate of drug-likeness (QED) is 0.844. The molecular weight excluding hydrogens is 370 g/mol. The van der Waals surface area contributed by atoms with E-state index in [9.17, 15) is 9.59 Å². The Morgan fingerprint density at radius 2 is 2.17 bits per heavy atom. The first-order valence-electron chi connectivity index (χ1n) is 10.5. The minimum absolute atomic E-state index is 0.0654. The molecule has 5 heterocycles. The van der Waals surface area contributed by atoms with E-state index in [1.165, 1.54) is 0 Å². The zero-order valence-electron chi connectivity index (χ0n) is 17.1. The highest BCUT2D eigenvalue weighted by molar-refractivity contribution is 5.93. The Labute approximate surface area is 169 Å². The molecule has 3 aliphatic heterocycles. The summed E-state index contributed by atoms with van der Waals surface area (Å²) in [5, 5.41) is 7.53. The van der Waals surface area contributed by atoms with Gasteiger partial charge in [0.1, 0.15) is 0 Å². The molecular formula is C21H27N5O3. The second-order valence-corrected chi connectivity index (χ2v) is 8.71. The zero-order chi connectivity index (χ0) is 20.3. The predicted octanol–water partition coefficient (Wildman–Crippen LogP) is 1.49. The van der Waals surface area contributed by atoms with E-state index in [4.69, 9.17) is 4.74 Å². The third-order valence-electron chi connectivity index (χ3n) is 6.88. The van der Waals surface area contributed by atoms with Crippen LogP contribution >= 0.6 is 0 Å². The second kappa shape index (κ2) is 6.52. The highest BCUT2D eigenvalue weighted by Crippen LogP contribution is 2.54. The van der Waals surface area contributed by atoms with Crippen LogP contribution in [0, 0.1) is 25.7 Å². The SMILES string of the molecule is CCC(=O)NC[C@H]1[C@H]2CN(C(=O)c3cc4nc(C)cc(C)n4n3)C[C@]23CC[C@H]1O3. The van der Waals surface area contributed by atoms with Gasteiger partial charge in [-0.15, -0.1) is 0 Å². The van der Waals surface area contributed by atoms with Gasteiger partial charge in [-0.3, -0.25) is 9.59 Å². The highest BCUT2D eigenvalue weighted by atomic mass is 16.5. The Morgan fingerprint density at radius 3 is 2.97 bits per heavy atom. The van der Waals surface area contributed by atoms with Crippen LogP contribution in [-0.2, 0) is 9.53 Å². The molecule has 29 heavy (non-hydrogen) atoms. The van der Waals surface area contributed by atoms with Gasteiger partial charge in [-0.2, -0.15) is 5.10 Å². The van der Waals surface area contributed by atoms with Crippen molar-refractivity contribution in [3.05, 3.63) is 29.2 Å². The highest BCUT2D eigenvalue weighted by Gasteiger charge is 2.63. The zero-order valence-corrected chi connectivity index (χ0v) is 17.1. The molecule has 8 heteroatoms. The number of nitrogens with zero attached hydrogens (tertiary/aromatic N) is 4. The molecule has 3 saturated heterocycles. The van der Waals surface area contributed by atoms with Crippen LogP contribution < -0.4 is 5.32 Å². The lowest BCUT2D eigenvalue weighted by atomic mass is 9.73. The average Bonchev–Trinajstić information content (AvgIpc) is 3.43. The topological polar surface area (TPSA) is 88.8 Å². The molecule has 0 unspecified atom stereocenters. The molecule has 2 aromatic heterocycles. The summed E-state index contributed by atoms with van der Waals surface area (Å²) in [5.41, 5.74) is 2.72. The maximum Gasteiger partial charge on any atom is 0.274 e. The molecule has 0 radical (unpaired) electrons. The van der Waals surface area contributed by atoms with Crippen LogP contribution in [0.15, 0.2) is 12.1 Å². The summed E-state index contributed by atoms with van der Waals surface area (Å²) in [7, 11) is 0. The Kier molecular flexibility index (Phi) is 4.17. The number of ether oxygens (including phenoxy) is 1. The van der Waals surface area contributed by atoms with Crippen LogP contribution in [0.4, 0.5) is 0 Å². The summed E-state index contributed by atoms with van der Waals surface area (Å²) in [5.74, 6) is 0.529. The lowest BCUT2D eigenvalue weighted by Gasteiger charge is -2.29. The van der Waals surface area contributed by atoms with E-state index >= 15 is 0 Å². The van der Waals surface area contributed by atoms with Crippen LogP contribution in [0.3, 0.4) is 0 Å². The number of amides is 2. The fourth-order valence-corrected chi connectivity index (χ4v) is 5.53. The summed E-state index contributed by atoms with van der Waals surface area (Å²) >= 11 is 0. The molecule has 2 amide bonds. The number of aryl methyl sites for hydroxylation is 2. The molecule has 1 N–H and O–H groups in total. The van der Waals surface area contributed by atoms with Crippen molar-refractivity contribution in [3.63, 3.8) is 0 Å². The summed E-state index contributed by atoms with van der Waals surface area (Å²) < 4.78 is 8.11. The Bertz CT molecular complexity index is 1000. The average molecular weight is 397 g/mol. The smallest absolute Gasteiger partial charge is 0.274 e. The third-order valence-corrected chi connectivity index (χ3v) is 6.88. The number of hydrogen-bond acceptors (Lipinski definition) is 5. The van der Waals surface area contributed by atoms with E-state index in [-0.39, 0.29) is 35.4 Å². The van der Waals surface area contributed by atoms with Crippen molar-refractivity contribution in [2.45, 2.75) is 51.7 Å². The largest absolute Gasteiger partial charge is 0.369 e. The maximum absolute atomic E-state index is 13.2. The second-order valence-electron chi connectivity index (χ2n) is 8.71. The first-order valence-corrected chi connectivity index (χ1v) is 10.5. The molecule has 3 fully saturated rings. The van der Waals surface area contributed by atoms with Crippen LogP contribution in [-0.4, -0.2) is 62.7 Å². The first kappa shape index (κ1) is 18.5. The van der Waals surface area contributed by atoms with Crippen molar-refractivity contribution >= 4 is 17.5 Å². The monoisotopic (exact) mass is 397 g/mol. The maximum atomic E-state index is 13.2. The van der Waals surface area contributed by atoms with Crippen LogP contribution in [0.2, 0.25) is 0 Å². The van der Waals surface area contributed by atoms with E-state index < -0.39 is 0 Å². The van der Waals surface area contributed by atoms with Crippen LogP contribution in [0.5, 0.6) is 0 Å². The number of carbonyl (C=O) groups is 2. The number of hydrogen-bond donors (Lipinski definition) is 1. The van der Waals surface area contributed by atoms with Gasteiger partial charge in [0.2, 0.25) is 5.91 Å². The molecule has 154 valence electrons. The summed E-state index contributed by atoms with van der Waals surface area (Å²) in [6.45, 7) is 7.64. The van der Waals surface area contributed by atoms with Crippen molar-refractivity contribution in [2.24, 2.45) is 11.8 Å². The number of rotatable bonds is 4. The van der Waals surface area contributed by atoms with Crippen molar-refractivity contribution in [2.75, 3.05) is 19.6 Å². The fraction of sp³-hybridized carbons (Fsp3) is 0.619. The Morgan fingerprint density at radius 1 is 1.34 bits per heavy atom. The first-order chi connectivity index (χ1) is 13.9. The van der Waals surface area contributed by atoms with Gasteiger partial charge in [0.25, 0.3) is 5.91 Å². The van der Waals surface area contributed by atoms with Crippen LogP contribution in [0.1, 0.15) is 48.1 Å². The summed E-state index contributed by atoms with van der Waals surface area (Å²) in [6.07, 6.45) is 2.66. The molecule has 0 saturated carbocycles. The van der Waals surface area contributed by atoms with Gasteiger partial charge in [-0.1, -0.05) is 6.92 Å². The number of nitrogens with one attached hydrogen (secondary N) is 1. The molecule has 2 bridgehead atoms. The molecule has 0 aliphatic carbocycles. The molecule has 5 rings (SSSR count). The molecule has 4 atom stereocenters. The number of likely N-dealkylation sites (tertiary alicyclic amines) is 1. The third kappa shape index (κ3) is 2.84. The molecule has 1 spiro atoms. The molecule has 2 aromatic rings. The Hall–Kier alpha value is -2.48. The molecule has 3 aliphatic rings. The normalized spacial score (nSPS) is 30.2. The van der Waals surface area contributed by atoms with Gasteiger partial charge in [0.05, 0.1) is 18.2 Å². The van der Waals surface area contributed by atoms with Crippen molar-refractivity contribution in [3.8, 4) is 0 Å². The minimum atomic E-state index is -0.258. The van der Waals surface area contributed by atoms with Crippen molar-refractivity contribution < 1.29 is 14.3 Å². The van der Waals surface area contributed by atoms with Gasteiger partial charge >= 0.3 is 0 Å². The number of carbonyl (C=O) groups excluding carboxylic acids is 2. The standard InChI is InChI=1S/C21H27N5O3/c1-4-19(27)22-9-14-15-10-25(11-21(15)6-5-17(14)29-21)20(28)16-8-18-23-12(2)7-13(3)26(18)24-16/h7-8,14-15,17H,4-6,9-11H2,1-3H3,(H,22,27)/t14-,15+,17+,21+/m0/s1. The van der Waals surface area contributed by atoms with Gasteiger partial charge < -0.3 is 15.0 Å². The lowest BCUT2D eigenvalue weighted by Crippen LogP contribution is -2.41. The van der Waals surface area contributed by atoms with Gasteiger partial charge in [-0.25, -0.2) is 9.50 Å². The molecule has 0 aromatic carbocycles. The lowest BCUT2D eigenvalue weighted by molar-refractivity contribution is -0.121.